The number of benzene rings is 1. The van der Waals surface area contributed by atoms with Gasteiger partial charge in [-0.25, -0.2) is 0 Å². The number of carbonyl (C=O) groups excluding carboxylic acids is 1. The summed E-state index contributed by atoms with van der Waals surface area (Å²) < 4.78 is 1.72. The van der Waals surface area contributed by atoms with E-state index in [4.69, 9.17) is 5.73 Å². The third-order valence-corrected chi connectivity index (χ3v) is 2.25. The van der Waals surface area contributed by atoms with Crippen LogP contribution >= 0.6 is 0 Å². The highest BCUT2D eigenvalue weighted by atomic mass is 16.1. The van der Waals surface area contributed by atoms with Crippen LogP contribution in [0.15, 0.2) is 24.8 Å². The zero-order valence-corrected chi connectivity index (χ0v) is 8.21. The summed E-state index contributed by atoms with van der Waals surface area (Å²) >= 11 is 0. The fourth-order valence-electron chi connectivity index (χ4n) is 1.39. The number of nitrogen functional groups attached to an aromatic ring is 1. The zero-order chi connectivity index (χ0) is 10.8. The molecule has 5 heteroatoms. The number of aldehydes is 1. The number of hydrogen-bond acceptors (Lipinski definition) is 4. The molecule has 0 atom stereocenters. The summed E-state index contributed by atoms with van der Waals surface area (Å²) in [6, 6.07) is 3.59. The first-order chi connectivity index (χ1) is 7.22. The quantitative estimate of drug-likeness (QED) is 0.581. The molecule has 0 bridgehead atoms. The molecule has 0 spiro atoms. The number of anilines is 1. The Morgan fingerprint density at radius 1 is 1.33 bits per heavy atom. The van der Waals surface area contributed by atoms with E-state index in [9.17, 15) is 4.79 Å². The molecule has 1 aromatic heterocycles. The minimum Gasteiger partial charge on any atom is -0.398 e. The zero-order valence-electron chi connectivity index (χ0n) is 8.21. The first-order valence-corrected chi connectivity index (χ1v) is 4.42. The van der Waals surface area contributed by atoms with Crippen LogP contribution in [0.3, 0.4) is 0 Å². The Morgan fingerprint density at radius 3 is 2.60 bits per heavy atom. The third kappa shape index (κ3) is 1.59. The molecule has 5 nitrogen and oxygen atoms in total. The topological polar surface area (TPSA) is 73.8 Å². The van der Waals surface area contributed by atoms with E-state index in [1.54, 1.807) is 23.3 Å². The van der Waals surface area contributed by atoms with Gasteiger partial charge in [-0.2, -0.15) is 0 Å². The highest BCUT2D eigenvalue weighted by molar-refractivity contribution is 5.85. The second-order valence-electron chi connectivity index (χ2n) is 3.25. The normalized spacial score (nSPS) is 10.2. The number of rotatable bonds is 2. The lowest BCUT2D eigenvalue weighted by Crippen LogP contribution is -2.00. The predicted octanol–water partition coefficient (Wildman–Crippen LogP) is 0.970. The summed E-state index contributed by atoms with van der Waals surface area (Å²) in [7, 11) is 0. The molecule has 0 amide bonds. The largest absolute Gasteiger partial charge is 0.398 e. The lowest BCUT2D eigenvalue weighted by Gasteiger charge is -2.07. The van der Waals surface area contributed by atoms with E-state index in [1.165, 1.54) is 0 Å². The van der Waals surface area contributed by atoms with Gasteiger partial charge in [0, 0.05) is 16.9 Å². The predicted molar refractivity (Wildman–Crippen MR) is 55.9 cm³/mol. The summed E-state index contributed by atoms with van der Waals surface area (Å²) in [5.74, 6) is 0. The first-order valence-electron chi connectivity index (χ1n) is 4.42. The Hall–Kier alpha value is -2.17. The maximum Gasteiger partial charge on any atom is 0.152 e. The fourth-order valence-corrected chi connectivity index (χ4v) is 1.39. The molecule has 0 radical (unpaired) electrons. The molecule has 76 valence electrons. The van der Waals surface area contributed by atoms with E-state index in [-0.39, 0.29) is 0 Å². The Labute approximate surface area is 86.5 Å². The number of hydrogen-bond donors (Lipinski definition) is 1. The van der Waals surface area contributed by atoms with Gasteiger partial charge >= 0.3 is 0 Å². The van der Waals surface area contributed by atoms with Crippen molar-refractivity contribution < 1.29 is 4.79 Å². The maximum atomic E-state index is 10.8. The van der Waals surface area contributed by atoms with Gasteiger partial charge in [-0.3, -0.25) is 9.36 Å². The molecular formula is C10H10N4O. The van der Waals surface area contributed by atoms with Gasteiger partial charge in [0.15, 0.2) is 6.29 Å². The molecule has 0 aliphatic carbocycles. The molecular weight excluding hydrogens is 192 g/mol. The summed E-state index contributed by atoms with van der Waals surface area (Å²) in [6.07, 6.45) is 3.88. The van der Waals surface area contributed by atoms with Crippen LogP contribution in [0.1, 0.15) is 15.9 Å². The molecule has 0 unspecified atom stereocenters. The highest BCUT2D eigenvalue weighted by Gasteiger charge is 2.05. The van der Waals surface area contributed by atoms with E-state index in [0.717, 1.165) is 17.5 Å². The summed E-state index contributed by atoms with van der Waals surface area (Å²) in [5.41, 5.74) is 8.44. The SMILES string of the molecule is Cc1cc(-n2cnnc2)cc(C=O)c1N. The van der Waals surface area contributed by atoms with Crippen molar-refractivity contribution in [2.45, 2.75) is 6.92 Å². The maximum absolute atomic E-state index is 10.8. The molecule has 2 aromatic rings. The number of carbonyl (C=O) groups is 1. The van der Waals surface area contributed by atoms with Gasteiger partial charge in [0.1, 0.15) is 12.7 Å². The van der Waals surface area contributed by atoms with Crippen LogP contribution in [0.5, 0.6) is 0 Å². The van der Waals surface area contributed by atoms with Crippen LogP contribution in [0, 0.1) is 6.92 Å². The van der Waals surface area contributed by atoms with Crippen LogP contribution in [0.25, 0.3) is 5.69 Å². The van der Waals surface area contributed by atoms with Crippen LogP contribution in [0.2, 0.25) is 0 Å². The van der Waals surface area contributed by atoms with Gasteiger partial charge in [0.2, 0.25) is 0 Å². The molecule has 1 aromatic carbocycles. The Bertz CT molecular complexity index is 490. The molecule has 0 aliphatic rings. The third-order valence-electron chi connectivity index (χ3n) is 2.25. The van der Waals surface area contributed by atoms with E-state index in [1.807, 2.05) is 13.0 Å². The van der Waals surface area contributed by atoms with Gasteiger partial charge in [0.25, 0.3) is 0 Å². The lowest BCUT2D eigenvalue weighted by atomic mass is 10.1. The van der Waals surface area contributed by atoms with Crippen molar-refractivity contribution in [3.05, 3.63) is 35.9 Å². The van der Waals surface area contributed by atoms with Crippen molar-refractivity contribution in [1.82, 2.24) is 14.8 Å². The van der Waals surface area contributed by atoms with Gasteiger partial charge in [-0.05, 0) is 24.6 Å². The smallest absolute Gasteiger partial charge is 0.152 e. The Kier molecular flexibility index (Phi) is 2.21. The fraction of sp³-hybridized carbons (Fsp3) is 0.100. The van der Waals surface area contributed by atoms with Crippen LogP contribution in [0.4, 0.5) is 5.69 Å². The molecule has 2 N–H and O–H groups in total. The standard InChI is InChI=1S/C10H10N4O/c1-7-2-9(14-5-12-13-6-14)3-8(4-15)10(7)11/h2-6H,11H2,1H3. The van der Waals surface area contributed by atoms with E-state index < -0.39 is 0 Å². The average Bonchev–Trinajstić information content (AvgIpc) is 2.75. The number of aryl methyl sites for hydroxylation is 1. The van der Waals surface area contributed by atoms with Crippen LogP contribution in [-0.2, 0) is 0 Å². The van der Waals surface area contributed by atoms with Crippen molar-refractivity contribution in [3.8, 4) is 5.69 Å². The molecule has 0 saturated carbocycles. The second-order valence-corrected chi connectivity index (χ2v) is 3.25. The van der Waals surface area contributed by atoms with E-state index in [0.29, 0.717) is 11.3 Å². The molecule has 15 heavy (non-hydrogen) atoms. The molecule has 1 heterocycles. The van der Waals surface area contributed by atoms with Gasteiger partial charge in [0.05, 0.1) is 0 Å². The first kappa shape index (κ1) is 9.39. The summed E-state index contributed by atoms with van der Waals surface area (Å²) in [6.45, 7) is 1.86. The summed E-state index contributed by atoms with van der Waals surface area (Å²) in [5, 5.41) is 7.40. The van der Waals surface area contributed by atoms with E-state index in [2.05, 4.69) is 10.2 Å². The highest BCUT2D eigenvalue weighted by Crippen LogP contribution is 2.20. The molecule has 0 fully saturated rings. The molecule has 0 aliphatic heterocycles. The molecule has 2 rings (SSSR count). The van der Waals surface area contributed by atoms with Crippen molar-refractivity contribution in [1.29, 1.82) is 0 Å². The van der Waals surface area contributed by atoms with E-state index >= 15 is 0 Å². The van der Waals surface area contributed by atoms with Crippen molar-refractivity contribution in [3.63, 3.8) is 0 Å². The second kappa shape index (κ2) is 3.53. The minimum atomic E-state index is 0.485. The van der Waals surface area contributed by atoms with Crippen LogP contribution < -0.4 is 5.73 Å². The lowest BCUT2D eigenvalue weighted by molar-refractivity contribution is 0.112. The van der Waals surface area contributed by atoms with Gasteiger partial charge < -0.3 is 5.73 Å². The number of nitrogens with two attached hydrogens (primary N) is 1. The number of nitrogens with zero attached hydrogens (tertiary/aromatic N) is 3. The van der Waals surface area contributed by atoms with Gasteiger partial charge in [-0.1, -0.05) is 0 Å². The number of aromatic nitrogens is 3. The van der Waals surface area contributed by atoms with Gasteiger partial charge in [-0.15, -0.1) is 10.2 Å². The Balaban J connectivity index is 2.60. The molecule has 0 saturated heterocycles. The monoisotopic (exact) mass is 202 g/mol. The Morgan fingerprint density at radius 2 is 2.00 bits per heavy atom. The van der Waals surface area contributed by atoms with Crippen molar-refractivity contribution in [2.24, 2.45) is 0 Å². The van der Waals surface area contributed by atoms with Crippen molar-refractivity contribution >= 4 is 12.0 Å². The minimum absolute atomic E-state index is 0.485. The summed E-state index contributed by atoms with van der Waals surface area (Å²) in [4.78, 5) is 10.8. The van der Waals surface area contributed by atoms with Crippen LogP contribution in [-0.4, -0.2) is 21.1 Å². The van der Waals surface area contributed by atoms with Crippen molar-refractivity contribution in [2.75, 3.05) is 5.73 Å². The average molecular weight is 202 g/mol.